The topological polar surface area (TPSA) is 65.3 Å². The molecule has 6 nitrogen and oxygen atoms in total. The van der Waals surface area contributed by atoms with Crippen LogP contribution in [0.25, 0.3) is 11.0 Å². The summed E-state index contributed by atoms with van der Waals surface area (Å²) in [5, 5.41) is 9.35. The van der Waals surface area contributed by atoms with Gasteiger partial charge in [0.15, 0.2) is 0 Å². The minimum Gasteiger partial charge on any atom is -0.375 e. The first-order chi connectivity index (χ1) is 13.2. The number of likely N-dealkylation sites (N-methyl/N-ethyl adjacent to an activating group) is 1. The van der Waals surface area contributed by atoms with Crippen LogP contribution in [0, 0.1) is 17.2 Å². The van der Waals surface area contributed by atoms with Gasteiger partial charge in [0.2, 0.25) is 0 Å². The molecule has 0 N–H and O–H groups in total. The summed E-state index contributed by atoms with van der Waals surface area (Å²) in [6.45, 7) is 12.3. The Hall–Kier alpha value is -2.23. The molecule has 2 atom stereocenters. The molecule has 3 rings (SSSR count). The van der Waals surface area contributed by atoms with Crippen molar-refractivity contribution >= 4 is 16.7 Å². The lowest BCUT2D eigenvalue weighted by Crippen LogP contribution is -2.44. The summed E-state index contributed by atoms with van der Waals surface area (Å²) in [6, 6.07) is 6.07. The Kier molecular flexibility index (Phi) is 6.59. The maximum Gasteiger partial charge on any atom is 0.113 e. The Bertz CT molecular complexity index is 799. The average Bonchev–Trinajstić information content (AvgIpc) is 2.70. The summed E-state index contributed by atoms with van der Waals surface area (Å²) in [5.41, 5.74) is 3.09. The number of ether oxygens (including phenoxy) is 1. The van der Waals surface area contributed by atoms with Crippen LogP contribution in [0.1, 0.15) is 32.8 Å². The molecule has 1 aromatic heterocycles. The maximum atomic E-state index is 9.35. The molecule has 27 heavy (non-hydrogen) atoms. The molecule has 0 unspecified atom stereocenters. The lowest BCUT2D eigenvalue weighted by molar-refractivity contribution is 0.0211. The molecule has 2 aromatic rings. The second kappa shape index (κ2) is 9.12. The molecular formula is C21H29N5O. The highest BCUT2D eigenvalue weighted by atomic mass is 16.5. The van der Waals surface area contributed by atoms with E-state index in [-0.39, 0.29) is 6.10 Å². The van der Waals surface area contributed by atoms with Gasteiger partial charge in [-0.05, 0) is 37.6 Å². The zero-order chi connectivity index (χ0) is 19.2. The number of nitrogens with zero attached hydrogens (tertiary/aromatic N) is 5. The molecule has 1 saturated heterocycles. The molecule has 0 aliphatic carbocycles. The minimum atomic E-state index is 0.215. The zero-order valence-corrected chi connectivity index (χ0v) is 16.6. The van der Waals surface area contributed by atoms with E-state index in [1.165, 1.54) is 0 Å². The lowest BCUT2D eigenvalue weighted by atomic mass is 9.96. The van der Waals surface area contributed by atoms with Crippen LogP contribution < -0.4 is 4.90 Å². The van der Waals surface area contributed by atoms with Gasteiger partial charge in [-0.3, -0.25) is 9.97 Å². The summed E-state index contributed by atoms with van der Waals surface area (Å²) in [5.74, 6) is 0.541. The van der Waals surface area contributed by atoms with Crippen LogP contribution >= 0.6 is 0 Å². The first kappa shape index (κ1) is 19.5. The van der Waals surface area contributed by atoms with Crippen LogP contribution in [-0.4, -0.2) is 60.3 Å². The van der Waals surface area contributed by atoms with E-state index in [0.29, 0.717) is 17.0 Å². The molecule has 0 radical (unpaired) electrons. The van der Waals surface area contributed by atoms with Crippen molar-refractivity contribution in [3.05, 3.63) is 30.1 Å². The molecule has 0 amide bonds. The number of aromatic nitrogens is 2. The fraction of sp³-hybridized carbons (Fsp3) is 0.571. The van der Waals surface area contributed by atoms with Gasteiger partial charge in [-0.2, -0.15) is 5.26 Å². The van der Waals surface area contributed by atoms with Gasteiger partial charge in [0.05, 0.1) is 24.0 Å². The quantitative estimate of drug-likeness (QED) is 0.749. The predicted molar refractivity (Wildman–Crippen MR) is 108 cm³/mol. The van der Waals surface area contributed by atoms with Gasteiger partial charge in [0.25, 0.3) is 0 Å². The van der Waals surface area contributed by atoms with E-state index in [2.05, 4.69) is 46.6 Å². The number of anilines is 1. The summed E-state index contributed by atoms with van der Waals surface area (Å²) >= 11 is 0. The number of nitriles is 1. The third-order valence-corrected chi connectivity index (χ3v) is 5.34. The third kappa shape index (κ3) is 4.55. The second-order valence-corrected chi connectivity index (χ2v) is 7.26. The van der Waals surface area contributed by atoms with Crippen LogP contribution in [0.3, 0.4) is 0 Å². The van der Waals surface area contributed by atoms with Crippen LogP contribution in [0.15, 0.2) is 24.5 Å². The number of hydrogen-bond donors (Lipinski definition) is 0. The second-order valence-electron chi connectivity index (χ2n) is 7.26. The number of rotatable bonds is 7. The van der Waals surface area contributed by atoms with Gasteiger partial charge in [0.1, 0.15) is 17.1 Å². The first-order valence-corrected chi connectivity index (χ1v) is 9.88. The normalized spacial score (nSPS) is 20.2. The highest BCUT2D eigenvalue weighted by Gasteiger charge is 2.27. The van der Waals surface area contributed by atoms with E-state index in [1.807, 2.05) is 12.1 Å². The van der Waals surface area contributed by atoms with Crippen LogP contribution in [-0.2, 0) is 4.74 Å². The third-order valence-electron chi connectivity index (χ3n) is 5.34. The van der Waals surface area contributed by atoms with Gasteiger partial charge < -0.3 is 14.5 Å². The van der Waals surface area contributed by atoms with Crippen LogP contribution in [0.5, 0.6) is 0 Å². The fourth-order valence-electron chi connectivity index (χ4n) is 3.89. The average molecular weight is 367 g/mol. The molecule has 0 bridgehead atoms. The maximum absolute atomic E-state index is 9.35. The predicted octanol–water partition coefficient (Wildman–Crippen LogP) is 3.07. The van der Waals surface area contributed by atoms with E-state index in [4.69, 9.17) is 4.74 Å². The molecule has 1 aromatic carbocycles. The van der Waals surface area contributed by atoms with E-state index in [0.717, 1.165) is 57.0 Å². The van der Waals surface area contributed by atoms with Crippen molar-refractivity contribution in [1.29, 1.82) is 5.26 Å². The summed E-state index contributed by atoms with van der Waals surface area (Å²) < 4.78 is 6.22. The Morgan fingerprint density at radius 2 is 1.93 bits per heavy atom. The standard InChI is InChI=1S/C21H29N5O/c1-4-25(5-2)10-11-27-18-12-16(3)14-26(15-18)19-7-6-17(13-22)20-21(19)24-9-8-23-20/h6-9,16,18H,4-5,10-12,14-15H2,1-3H3/t16-,18+/m1/s1. The van der Waals surface area contributed by atoms with Crippen molar-refractivity contribution in [2.45, 2.75) is 33.3 Å². The Balaban J connectivity index is 1.75. The van der Waals surface area contributed by atoms with E-state index < -0.39 is 0 Å². The minimum absolute atomic E-state index is 0.215. The molecule has 1 aliphatic rings. The van der Waals surface area contributed by atoms with Gasteiger partial charge in [-0.1, -0.05) is 20.8 Å². The Morgan fingerprint density at radius 3 is 2.63 bits per heavy atom. The van der Waals surface area contributed by atoms with Crippen molar-refractivity contribution in [3.8, 4) is 6.07 Å². The van der Waals surface area contributed by atoms with Crippen molar-refractivity contribution in [2.75, 3.05) is 44.2 Å². The Morgan fingerprint density at radius 1 is 1.19 bits per heavy atom. The SMILES string of the molecule is CCN(CC)CCO[C@H]1C[C@@H](C)CN(c2ccc(C#N)c3nccnc23)C1. The molecule has 0 spiro atoms. The first-order valence-electron chi connectivity index (χ1n) is 9.88. The molecule has 144 valence electrons. The smallest absolute Gasteiger partial charge is 0.113 e. The zero-order valence-electron chi connectivity index (χ0n) is 16.6. The van der Waals surface area contributed by atoms with Gasteiger partial charge in [-0.15, -0.1) is 0 Å². The lowest BCUT2D eigenvalue weighted by Gasteiger charge is -2.38. The van der Waals surface area contributed by atoms with Gasteiger partial charge in [-0.25, -0.2) is 0 Å². The van der Waals surface area contributed by atoms with E-state index in [1.54, 1.807) is 12.4 Å². The molecule has 1 fully saturated rings. The van der Waals surface area contributed by atoms with Gasteiger partial charge >= 0.3 is 0 Å². The number of hydrogen-bond acceptors (Lipinski definition) is 6. The van der Waals surface area contributed by atoms with E-state index in [9.17, 15) is 5.26 Å². The molecule has 6 heteroatoms. The Labute approximate surface area is 161 Å². The molecular weight excluding hydrogens is 338 g/mol. The largest absolute Gasteiger partial charge is 0.375 e. The van der Waals surface area contributed by atoms with Crippen molar-refractivity contribution < 1.29 is 4.74 Å². The number of benzene rings is 1. The van der Waals surface area contributed by atoms with Gasteiger partial charge in [0, 0.05) is 32.0 Å². The molecule has 0 saturated carbocycles. The van der Waals surface area contributed by atoms with Crippen LogP contribution in [0.4, 0.5) is 5.69 Å². The fourth-order valence-corrected chi connectivity index (χ4v) is 3.89. The van der Waals surface area contributed by atoms with Crippen molar-refractivity contribution in [1.82, 2.24) is 14.9 Å². The summed E-state index contributed by atoms with van der Waals surface area (Å²) in [4.78, 5) is 13.6. The van der Waals surface area contributed by atoms with Crippen molar-refractivity contribution in [2.24, 2.45) is 5.92 Å². The summed E-state index contributed by atoms with van der Waals surface area (Å²) in [7, 11) is 0. The molecule has 2 heterocycles. The van der Waals surface area contributed by atoms with Crippen LogP contribution in [0.2, 0.25) is 0 Å². The summed E-state index contributed by atoms with van der Waals surface area (Å²) in [6.07, 6.45) is 4.63. The van der Waals surface area contributed by atoms with Crippen molar-refractivity contribution in [3.63, 3.8) is 0 Å². The number of fused-ring (bicyclic) bond motifs is 1. The molecule has 1 aliphatic heterocycles. The number of piperidine rings is 1. The highest BCUT2D eigenvalue weighted by Crippen LogP contribution is 2.30. The highest BCUT2D eigenvalue weighted by molar-refractivity contribution is 5.92. The van der Waals surface area contributed by atoms with E-state index >= 15 is 0 Å². The monoisotopic (exact) mass is 367 g/mol.